The summed E-state index contributed by atoms with van der Waals surface area (Å²) in [6, 6.07) is -0.374. The maximum absolute atomic E-state index is 10.3. The summed E-state index contributed by atoms with van der Waals surface area (Å²) in [7, 11) is 0. The minimum absolute atomic E-state index is 0.111. The molecule has 0 aromatic heterocycles. The van der Waals surface area contributed by atoms with E-state index in [1.165, 1.54) is 0 Å². The molecular formula is C8H15NO3. The van der Waals surface area contributed by atoms with Crippen LogP contribution in [0.2, 0.25) is 0 Å². The lowest BCUT2D eigenvalue weighted by Crippen LogP contribution is -2.43. The molecule has 0 aliphatic carbocycles. The first kappa shape index (κ1) is 9.61. The fraction of sp³-hybridized carbons (Fsp3) is 1.00. The van der Waals surface area contributed by atoms with Gasteiger partial charge in [-0.3, -0.25) is 0 Å². The van der Waals surface area contributed by atoms with Crippen LogP contribution in [0.5, 0.6) is 0 Å². The number of nitroso groups, excluding NO2 is 1. The molecule has 0 saturated carbocycles. The minimum Gasteiger partial charge on any atom is -0.394 e. The molecule has 1 aliphatic heterocycles. The molecule has 1 fully saturated rings. The summed E-state index contributed by atoms with van der Waals surface area (Å²) in [4.78, 5) is 10.3. The highest BCUT2D eigenvalue weighted by molar-refractivity contribution is 4.85. The highest BCUT2D eigenvalue weighted by atomic mass is 16.5. The normalized spacial score (nSPS) is 42.6. The summed E-state index contributed by atoms with van der Waals surface area (Å²) in [5.41, 5.74) is 0. The first-order chi connectivity index (χ1) is 5.69. The molecule has 1 heterocycles. The van der Waals surface area contributed by atoms with Crippen molar-refractivity contribution in [1.29, 1.82) is 0 Å². The van der Waals surface area contributed by atoms with Gasteiger partial charge in [-0.05, 0) is 19.3 Å². The smallest absolute Gasteiger partial charge is 0.121 e. The second kappa shape index (κ2) is 3.96. The molecule has 0 aromatic carbocycles. The van der Waals surface area contributed by atoms with Crippen molar-refractivity contribution in [1.82, 2.24) is 0 Å². The van der Waals surface area contributed by atoms with E-state index in [2.05, 4.69) is 5.18 Å². The zero-order valence-electron chi connectivity index (χ0n) is 7.43. The van der Waals surface area contributed by atoms with Gasteiger partial charge in [0.15, 0.2) is 0 Å². The number of hydrogen-bond donors (Lipinski definition) is 1. The van der Waals surface area contributed by atoms with E-state index >= 15 is 0 Å². The van der Waals surface area contributed by atoms with E-state index in [1.807, 2.05) is 13.8 Å². The molecule has 0 bridgehead atoms. The summed E-state index contributed by atoms with van der Waals surface area (Å²) in [6.07, 6.45) is 0.435. The van der Waals surface area contributed by atoms with Crippen molar-refractivity contribution in [3.05, 3.63) is 4.91 Å². The van der Waals surface area contributed by atoms with E-state index in [0.717, 1.165) is 6.42 Å². The summed E-state index contributed by atoms with van der Waals surface area (Å²) in [5.74, 6) is 0.343. The number of rotatable bonds is 2. The lowest BCUT2D eigenvalue weighted by Gasteiger charge is -2.34. The van der Waals surface area contributed by atoms with Crippen LogP contribution in [0, 0.1) is 10.8 Å². The van der Waals surface area contributed by atoms with Gasteiger partial charge in [0.25, 0.3) is 0 Å². The molecule has 4 unspecified atom stereocenters. The van der Waals surface area contributed by atoms with Gasteiger partial charge in [0, 0.05) is 0 Å². The van der Waals surface area contributed by atoms with Gasteiger partial charge in [-0.2, -0.15) is 4.91 Å². The molecule has 1 rings (SSSR count). The van der Waals surface area contributed by atoms with Crippen molar-refractivity contribution in [2.75, 3.05) is 6.61 Å². The largest absolute Gasteiger partial charge is 0.394 e. The lowest BCUT2D eigenvalue weighted by atomic mass is 9.91. The molecule has 70 valence electrons. The highest BCUT2D eigenvalue weighted by Crippen LogP contribution is 2.26. The van der Waals surface area contributed by atoms with Crippen LogP contribution >= 0.6 is 0 Å². The van der Waals surface area contributed by atoms with Crippen LogP contribution in [0.15, 0.2) is 5.18 Å². The lowest BCUT2D eigenvalue weighted by molar-refractivity contribution is -0.0982. The van der Waals surface area contributed by atoms with Crippen molar-refractivity contribution in [3.63, 3.8) is 0 Å². The summed E-state index contributed by atoms with van der Waals surface area (Å²) in [6.45, 7) is 3.86. The molecular weight excluding hydrogens is 158 g/mol. The fourth-order valence-corrected chi connectivity index (χ4v) is 1.50. The second-order valence-electron chi connectivity index (χ2n) is 3.45. The standard InChI is InChI=1S/C8H15NO3/c1-5-3-7(9-11)8(4-10)12-6(5)2/h5-8,10H,3-4H2,1-2H3. The predicted octanol–water partition coefficient (Wildman–Crippen LogP) is 0.927. The van der Waals surface area contributed by atoms with Crippen molar-refractivity contribution in [2.24, 2.45) is 11.1 Å². The molecule has 1 saturated heterocycles. The Labute approximate surface area is 71.9 Å². The summed E-state index contributed by atoms with van der Waals surface area (Å²) < 4.78 is 5.41. The minimum atomic E-state index is -0.395. The molecule has 1 N–H and O–H groups in total. The van der Waals surface area contributed by atoms with Gasteiger partial charge in [0.1, 0.15) is 12.1 Å². The number of ether oxygens (including phenoxy) is 1. The van der Waals surface area contributed by atoms with Crippen LogP contribution in [-0.2, 0) is 4.74 Å². The molecule has 0 spiro atoms. The van der Waals surface area contributed by atoms with Crippen molar-refractivity contribution < 1.29 is 9.84 Å². The first-order valence-corrected chi connectivity index (χ1v) is 4.27. The third-order valence-electron chi connectivity index (χ3n) is 2.55. The topological polar surface area (TPSA) is 58.9 Å². The Morgan fingerprint density at radius 2 is 2.25 bits per heavy atom. The Hall–Kier alpha value is -0.480. The molecule has 0 aromatic rings. The van der Waals surface area contributed by atoms with Gasteiger partial charge in [-0.1, -0.05) is 12.1 Å². The molecule has 1 aliphatic rings. The van der Waals surface area contributed by atoms with Gasteiger partial charge in [-0.15, -0.1) is 0 Å². The fourth-order valence-electron chi connectivity index (χ4n) is 1.50. The third-order valence-corrected chi connectivity index (χ3v) is 2.55. The van der Waals surface area contributed by atoms with Crippen molar-refractivity contribution >= 4 is 0 Å². The quantitative estimate of drug-likeness (QED) is 0.632. The monoisotopic (exact) mass is 173 g/mol. The van der Waals surface area contributed by atoms with E-state index in [9.17, 15) is 4.91 Å². The molecule has 4 heteroatoms. The summed E-state index contributed by atoms with van der Waals surface area (Å²) in [5, 5.41) is 11.8. The van der Waals surface area contributed by atoms with E-state index in [0.29, 0.717) is 5.92 Å². The Morgan fingerprint density at radius 1 is 1.58 bits per heavy atom. The van der Waals surface area contributed by atoms with Gasteiger partial charge < -0.3 is 9.84 Å². The molecule has 4 atom stereocenters. The zero-order chi connectivity index (χ0) is 9.14. The zero-order valence-corrected chi connectivity index (χ0v) is 7.43. The first-order valence-electron chi connectivity index (χ1n) is 4.27. The number of nitrogens with zero attached hydrogens (tertiary/aromatic N) is 1. The summed E-state index contributed by atoms with van der Waals surface area (Å²) >= 11 is 0. The third kappa shape index (κ3) is 1.81. The van der Waals surface area contributed by atoms with Crippen LogP contribution in [0.1, 0.15) is 20.3 Å². The van der Waals surface area contributed by atoms with E-state index in [-0.39, 0.29) is 18.8 Å². The Kier molecular flexibility index (Phi) is 3.17. The van der Waals surface area contributed by atoms with E-state index < -0.39 is 6.10 Å². The van der Waals surface area contributed by atoms with Crippen LogP contribution in [0.25, 0.3) is 0 Å². The average Bonchev–Trinajstić information content (AvgIpc) is 2.09. The van der Waals surface area contributed by atoms with Crippen LogP contribution < -0.4 is 0 Å². The van der Waals surface area contributed by atoms with Crippen LogP contribution in [0.3, 0.4) is 0 Å². The SMILES string of the molecule is CC1CC(N=O)C(CO)OC1C. The number of aliphatic hydroxyl groups excluding tert-OH is 1. The number of aliphatic hydroxyl groups is 1. The van der Waals surface area contributed by atoms with Crippen LogP contribution in [0.4, 0.5) is 0 Å². The van der Waals surface area contributed by atoms with E-state index in [4.69, 9.17) is 9.84 Å². The van der Waals surface area contributed by atoms with Gasteiger partial charge in [0.05, 0.1) is 12.7 Å². The van der Waals surface area contributed by atoms with Crippen molar-refractivity contribution in [2.45, 2.75) is 38.5 Å². The molecule has 0 amide bonds. The Bertz CT molecular complexity index is 162. The average molecular weight is 173 g/mol. The Balaban J connectivity index is 2.57. The van der Waals surface area contributed by atoms with Gasteiger partial charge >= 0.3 is 0 Å². The van der Waals surface area contributed by atoms with Crippen molar-refractivity contribution in [3.8, 4) is 0 Å². The highest BCUT2D eigenvalue weighted by Gasteiger charge is 2.34. The predicted molar refractivity (Wildman–Crippen MR) is 44.8 cm³/mol. The maximum Gasteiger partial charge on any atom is 0.121 e. The van der Waals surface area contributed by atoms with E-state index in [1.54, 1.807) is 0 Å². The number of hydrogen-bond acceptors (Lipinski definition) is 4. The van der Waals surface area contributed by atoms with Crippen LogP contribution in [-0.4, -0.2) is 30.0 Å². The molecule has 0 radical (unpaired) electrons. The Morgan fingerprint density at radius 3 is 2.75 bits per heavy atom. The second-order valence-corrected chi connectivity index (χ2v) is 3.45. The molecule has 4 nitrogen and oxygen atoms in total. The van der Waals surface area contributed by atoms with Gasteiger partial charge in [-0.25, -0.2) is 0 Å². The maximum atomic E-state index is 10.3. The van der Waals surface area contributed by atoms with Gasteiger partial charge in [0.2, 0.25) is 0 Å². The molecule has 12 heavy (non-hydrogen) atoms.